The van der Waals surface area contributed by atoms with Crippen molar-refractivity contribution in [3.63, 3.8) is 0 Å². The van der Waals surface area contributed by atoms with Crippen LogP contribution in [0.4, 0.5) is 0 Å². The van der Waals surface area contributed by atoms with E-state index in [2.05, 4.69) is 20.8 Å². The quantitative estimate of drug-likeness (QED) is 0.625. The Morgan fingerprint density at radius 3 is 1.78 bits per heavy atom. The fourth-order valence-electron chi connectivity index (χ4n) is 0.697. The first kappa shape index (κ1) is 11.7. The zero-order valence-electron chi connectivity index (χ0n) is 7.15. The van der Waals surface area contributed by atoms with Gasteiger partial charge < -0.3 is 5.11 Å². The Bertz CT molecular complexity index is 35.5. The smallest absolute Gasteiger partial charge is 0.0319 e. The van der Waals surface area contributed by atoms with Crippen LogP contribution in [0.5, 0.6) is 0 Å². The summed E-state index contributed by atoms with van der Waals surface area (Å²) in [5, 5.41) is 7.00. The molecule has 0 aliphatic carbocycles. The summed E-state index contributed by atoms with van der Waals surface area (Å²) < 4.78 is 0. The normalized spacial score (nSPS) is 11.7. The molecule has 1 nitrogen and oxygen atoms in total. The Morgan fingerprint density at radius 2 is 1.67 bits per heavy atom. The molecule has 0 aliphatic rings. The summed E-state index contributed by atoms with van der Waals surface area (Å²) in [4.78, 5) is 0. The van der Waals surface area contributed by atoms with Crippen molar-refractivity contribution in [1.82, 2.24) is 0 Å². The summed E-state index contributed by atoms with van der Waals surface area (Å²) in [5.74, 6) is 0.949. The predicted octanol–water partition coefficient (Wildman–Crippen LogP) is 2.44. The van der Waals surface area contributed by atoms with Crippen LogP contribution in [0.15, 0.2) is 0 Å². The van der Waals surface area contributed by atoms with E-state index in [-0.39, 0.29) is 0 Å². The molecular weight excluding hydrogens is 112 g/mol. The van der Waals surface area contributed by atoms with Crippen LogP contribution in [-0.4, -0.2) is 12.2 Å². The van der Waals surface area contributed by atoms with Crippen LogP contribution in [-0.2, 0) is 0 Å². The van der Waals surface area contributed by atoms with Gasteiger partial charge in [0.05, 0.1) is 0 Å². The molecule has 0 aromatic rings. The molecule has 0 aliphatic heterocycles. The van der Waals surface area contributed by atoms with Crippen molar-refractivity contribution in [1.29, 1.82) is 0 Å². The van der Waals surface area contributed by atoms with Crippen LogP contribution < -0.4 is 0 Å². The molecule has 0 radical (unpaired) electrons. The minimum Gasteiger partial charge on any atom is -0.400 e. The van der Waals surface area contributed by atoms with E-state index in [1.54, 1.807) is 0 Å². The molecule has 0 rings (SSSR count). The van der Waals surface area contributed by atoms with Crippen LogP contribution in [0.1, 0.15) is 40.0 Å². The van der Waals surface area contributed by atoms with E-state index in [1.165, 1.54) is 19.3 Å². The molecule has 0 fully saturated rings. The molecule has 58 valence electrons. The number of rotatable bonds is 3. The molecule has 1 N–H and O–H groups in total. The van der Waals surface area contributed by atoms with E-state index in [0.29, 0.717) is 0 Å². The van der Waals surface area contributed by atoms with Gasteiger partial charge in [-0.15, -0.1) is 0 Å². The first-order valence-corrected chi connectivity index (χ1v) is 3.76. The summed E-state index contributed by atoms with van der Waals surface area (Å²) in [6.45, 7) is 6.80. The van der Waals surface area contributed by atoms with E-state index in [4.69, 9.17) is 5.11 Å². The van der Waals surface area contributed by atoms with Gasteiger partial charge in [-0.2, -0.15) is 0 Å². The van der Waals surface area contributed by atoms with Gasteiger partial charge in [-0.3, -0.25) is 0 Å². The largest absolute Gasteiger partial charge is 0.400 e. The number of hydrogen-bond acceptors (Lipinski definition) is 1. The molecule has 1 atom stereocenters. The van der Waals surface area contributed by atoms with Gasteiger partial charge in [-0.25, -0.2) is 0 Å². The van der Waals surface area contributed by atoms with Crippen LogP contribution in [0.3, 0.4) is 0 Å². The Balaban J connectivity index is 0. The standard InChI is InChI=1S/C7H16.CH4O/c1-4-6-7(3)5-2;1-2/h7H,4-6H2,1-3H3;2H,1H3/t7-;/m0./s1. The maximum atomic E-state index is 7.00. The van der Waals surface area contributed by atoms with E-state index >= 15 is 0 Å². The molecule has 9 heavy (non-hydrogen) atoms. The van der Waals surface area contributed by atoms with Crippen molar-refractivity contribution < 1.29 is 5.11 Å². The van der Waals surface area contributed by atoms with Crippen molar-refractivity contribution in [3.8, 4) is 0 Å². The van der Waals surface area contributed by atoms with Gasteiger partial charge in [0.1, 0.15) is 0 Å². The Morgan fingerprint density at radius 1 is 1.22 bits per heavy atom. The highest BCUT2D eigenvalue weighted by atomic mass is 16.2. The highest BCUT2D eigenvalue weighted by Gasteiger charge is 1.92. The Hall–Kier alpha value is -0.0400. The second-order valence-corrected chi connectivity index (χ2v) is 2.30. The van der Waals surface area contributed by atoms with Crippen LogP contribution in [0.2, 0.25) is 0 Å². The molecule has 0 saturated heterocycles. The molecule has 0 aromatic heterocycles. The Labute approximate surface area is 59.1 Å². The minimum absolute atomic E-state index is 0.949. The van der Waals surface area contributed by atoms with E-state index < -0.39 is 0 Å². The highest BCUT2D eigenvalue weighted by molar-refractivity contribution is 4.45. The first-order valence-electron chi connectivity index (χ1n) is 3.76. The zero-order chi connectivity index (χ0) is 7.70. The summed E-state index contributed by atoms with van der Waals surface area (Å²) in [7, 11) is 1.00. The second-order valence-electron chi connectivity index (χ2n) is 2.30. The van der Waals surface area contributed by atoms with Gasteiger partial charge in [0, 0.05) is 7.11 Å². The predicted molar refractivity (Wildman–Crippen MR) is 42.5 cm³/mol. The summed E-state index contributed by atoms with van der Waals surface area (Å²) in [5.41, 5.74) is 0. The fourth-order valence-corrected chi connectivity index (χ4v) is 0.697. The third kappa shape index (κ3) is 11.5. The van der Waals surface area contributed by atoms with E-state index in [9.17, 15) is 0 Å². The zero-order valence-corrected chi connectivity index (χ0v) is 7.15. The van der Waals surface area contributed by atoms with Crippen molar-refractivity contribution in [2.24, 2.45) is 5.92 Å². The van der Waals surface area contributed by atoms with Crippen LogP contribution >= 0.6 is 0 Å². The van der Waals surface area contributed by atoms with Gasteiger partial charge >= 0.3 is 0 Å². The van der Waals surface area contributed by atoms with Crippen molar-refractivity contribution in [2.75, 3.05) is 7.11 Å². The summed E-state index contributed by atoms with van der Waals surface area (Å²) in [6.07, 6.45) is 4.08. The van der Waals surface area contributed by atoms with Gasteiger partial charge in [-0.05, 0) is 5.92 Å². The van der Waals surface area contributed by atoms with Gasteiger partial charge in [-0.1, -0.05) is 40.0 Å². The number of hydrogen-bond donors (Lipinski definition) is 1. The van der Waals surface area contributed by atoms with E-state index in [0.717, 1.165) is 13.0 Å². The first-order chi connectivity index (χ1) is 4.31. The van der Waals surface area contributed by atoms with Gasteiger partial charge in [0.25, 0.3) is 0 Å². The van der Waals surface area contributed by atoms with Crippen molar-refractivity contribution in [3.05, 3.63) is 0 Å². The SMILES string of the molecule is CCC[C@@H](C)CC.CO. The molecule has 0 amide bonds. The average molecular weight is 132 g/mol. The lowest BCUT2D eigenvalue weighted by molar-refractivity contribution is 0.399. The highest BCUT2D eigenvalue weighted by Crippen LogP contribution is 2.07. The van der Waals surface area contributed by atoms with E-state index in [1.807, 2.05) is 0 Å². The average Bonchev–Trinajstić information content (AvgIpc) is 1.93. The molecule has 0 unspecified atom stereocenters. The third-order valence-corrected chi connectivity index (χ3v) is 1.48. The third-order valence-electron chi connectivity index (χ3n) is 1.48. The molecule has 0 heterocycles. The topological polar surface area (TPSA) is 20.2 Å². The monoisotopic (exact) mass is 132 g/mol. The lowest BCUT2D eigenvalue weighted by Gasteiger charge is -2.02. The van der Waals surface area contributed by atoms with Crippen molar-refractivity contribution >= 4 is 0 Å². The minimum atomic E-state index is 0.949. The molecule has 0 spiro atoms. The summed E-state index contributed by atoms with van der Waals surface area (Å²) >= 11 is 0. The van der Waals surface area contributed by atoms with Gasteiger partial charge in [0.2, 0.25) is 0 Å². The maximum absolute atomic E-state index is 7.00. The van der Waals surface area contributed by atoms with Crippen LogP contribution in [0.25, 0.3) is 0 Å². The number of aliphatic hydroxyl groups is 1. The molecular formula is C8H20O. The lowest BCUT2D eigenvalue weighted by atomic mass is 10.0. The van der Waals surface area contributed by atoms with Crippen LogP contribution in [0, 0.1) is 5.92 Å². The second kappa shape index (κ2) is 10.9. The van der Waals surface area contributed by atoms with Crippen molar-refractivity contribution in [2.45, 2.75) is 40.0 Å². The number of aliphatic hydroxyl groups excluding tert-OH is 1. The molecule has 1 heteroatoms. The summed E-state index contributed by atoms with van der Waals surface area (Å²) in [6, 6.07) is 0. The molecule has 0 saturated carbocycles. The fraction of sp³-hybridized carbons (Fsp3) is 1.00. The lowest BCUT2D eigenvalue weighted by Crippen LogP contribution is -1.88. The van der Waals surface area contributed by atoms with Gasteiger partial charge in [0.15, 0.2) is 0 Å². The Kier molecular flexibility index (Phi) is 14.1. The maximum Gasteiger partial charge on any atom is 0.0319 e. The molecule has 0 aromatic carbocycles. The molecule has 0 bridgehead atoms.